The molecule has 4 nitrogen and oxygen atoms in total. The second-order valence-corrected chi connectivity index (χ2v) is 6.17. The summed E-state index contributed by atoms with van der Waals surface area (Å²) in [6, 6.07) is 8.84. The summed E-state index contributed by atoms with van der Waals surface area (Å²) in [5, 5.41) is 6.45. The number of rotatable bonds is 7. The second kappa shape index (κ2) is 7.05. The van der Waals surface area contributed by atoms with E-state index in [9.17, 15) is 4.79 Å². The van der Waals surface area contributed by atoms with Gasteiger partial charge in [-0.25, -0.2) is 0 Å². The van der Waals surface area contributed by atoms with E-state index in [2.05, 4.69) is 27.7 Å². The third kappa shape index (κ3) is 4.55. The molecule has 0 atom stereocenters. The molecule has 2 fully saturated rings. The highest BCUT2D eigenvalue weighted by molar-refractivity contribution is 5.91. The van der Waals surface area contributed by atoms with Crippen LogP contribution < -0.4 is 10.6 Å². The number of benzene rings is 1. The predicted molar refractivity (Wildman–Crippen MR) is 85.2 cm³/mol. The van der Waals surface area contributed by atoms with Gasteiger partial charge >= 0.3 is 0 Å². The Morgan fingerprint density at radius 1 is 1.19 bits per heavy atom. The average Bonchev–Trinajstić information content (AvgIpc) is 3.16. The lowest BCUT2D eigenvalue weighted by atomic mass is 10.1. The lowest BCUT2D eigenvalue weighted by molar-refractivity contribution is -0.116. The highest BCUT2D eigenvalue weighted by atomic mass is 16.1. The van der Waals surface area contributed by atoms with Crippen molar-refractivity contribution in [3.63, 3.8) is 0 Å². The highest BCUT2D eigenvalue weighted by Crippen LogP contribution is 2.20. The number of nitrogens with zero attached hydrogens (tertiary/aromatic N) is 1. The van der Waals surface area contributed by atoms with Gasteiger partial charge in [-0.05, 0) is 50.4 Å². The first-order valence-corrected chi connectivity index (χ1v) is 8.15. The van der Waals surface area contributed by atoms with Crippen LogP contribution in [0, 0.1) is 0 Å². The number of para-hydroxylation sites is 1. The summed E-state index contributed by atoms with van der Waals surface area (Å²) in [5.41, 5.74) is 2.20. The maximum absolute atomic E-state index is 12.0. The van der Waals surface area contributed by atoms with E-state index < -0.39 is 0 Å². The molecule has 1 saturated carbocycles. The zero-order chi connectivity index (χ0) is 14.5. The molecule has 0 aromatic heterocycles. The van der Waals surface area contributed by atoms with E-state index >= 15 is 0 Å². The molecule has 2 aliphatic rings. The van der Waals surface area contributed by atoms with Crippen LogP contribution in [0.25, 0.3) is 0 Å². The van der Waals surface area contributed by atoms with Gasteiger partial charge in [0.15, 0.2) is 0 Å². The summed E-state index contributed by atoms with van der Waals surface area (Å²) in [6.45, 7) is 4.07. The Bertz CT molecular complexity index is 479. The van der Waals surface area contributed by atoms with E-state index in [1.807, 2.05) is 12.1 Å². The van der Waals surface area contributed by atoms with Gasteiger partial charge in [-0.2, -0.15) is 0 Å². The van der Waals surface area contributed by atoms with Gasteiger partial charge in [0, 0.05) is 31.2 Å². The molecule has 1 aromatic carbocycles. The molecule has 2 N–H and O–H groups in total. The van der Waals surface area contributed by atoms with Gasteiger partial charge in [0.2, 0.25) is 5.91 Å². The first kappa shape index (κ1) is 14.5. The maximum atomic E-state index is 12.0. The normalized spacial score (nSPS) is 18.9. The zero-order valence-electron chi connectivity index (χ0n) is 12.6. The topological polar surface area (TPSA) is 44.4 Å². The molecule has 114 valence electrons. The molecule has 0 spiro atoms. The second-order valence-electron chi connectivity index (χ2n) is 6.17. The van der Waals surface area contributed by atoms with Gasteiger partial charge in [-0.1, -0.05) is 18.2 Å². The number of nitrogens with one attached hydrogen (secondary N) is 2. The maximum Gasteiger partial charge on any atom is 0.225 e. The fraction of sp³-hybridized carbons (Fsp3) is 0.588. The fourth-order valence-electron chi connectivity index (χ4n) is 2.85. The SMILES string of the molecule is O=C(CCNC1CC1)Nc1ccccc1CN1CCCC1. The molecular weight excluding hydrogens is 262 g/mol. The standard InChI is InChI=1S/C17H25N3O/c21-17(9-10-18-15-7-8-15)19-16-6-2-1-5-14(16)13-20-11-3-4-12-20/h1-2,5-6,15,18H,3-4,7-13H2,(H,19,21). The summed E-state index contributed by atoms with van der Waals surface area (Å²) in [5.74, 6) is 0.108. The van der Waals surface area contributed by atoms with E-state index in [0.717, 1.165) is 18.8 Å². The van der Waals surface area contributed by atoms with Crippen molar-refractivity contribution in [2.24, 2.45) is 0 Å². The summed E-state index contributed by atoms with van der Waals surface area (Å²) < 4.78 is 0. The van der Waals surface area contributed by atoms with Gasteiger partial charge in [-0.3, -0.25) is 9.69 Å². The smallest absolute Gasteiger partial charge is 0.225 e. The Morgan fingerprint density at radius 2 is 1.95 bits per heavy atom. The average molecular weight is 287 g/mol. The van der Waals surface area contributed by atoms with Crippen LogP contribution in [0.3, 0.4) is 0 Å². The minimum absolute atomic E-state index is 0.108. The van der Waals surface area contributed by atoms with Gasteiger partial charge in [0.25, 0.3) is 0 Å². The van der Waals surface area contributed by atoms with Gasteiger partial charge in [-0.15, -0.1) is 0 Å². The van der Waals surface area contributed by atoms with Gasteiger partial charge in [0.1, 0.15) is 0 Å². The van der Waals surface area contributed by atoms with Crippen LogP contribution in [0.4, 0.5) is 5.69 Å². The van der Waals surface area contributed by atoms with Crippen molar-refractivity contribution >= 4 is 11.6 Å². The molecule has 3 rings (SSSR count). The first-order valence-electron chi connectivity index (χ1n) is 8.15. The number of likely N-dealkylation sites (tertiary alicyclic amines) is 1. The lowest BCUT2D eigenvalue weighted by Gasteiger charge is -2.17. The molecule has 1 aliphatic carbocycles. The molecule has 1 amide bonds. The molecule has 4 heteroatoms. The van der Waals surface area contributed by atoms with Gasteiger partial charge < -0.3 is 10.6 Å². The molecule has 0 radical (unpaired) electrons. The zero-order valence-corrected chi connectivity index (χ0v) is 12.6. The first-order chi connectivity index (χ1) is 10.3. The van der Waals surface area contributed by atoms with Gasteiger partial charge in [0.05, 0.1) is 0 Å². The molecule has 1 aliphatic heterocycles. The Morgan fingerprint density at radius 3 is 2.71 bits per heavy atom. The van der Waals surface area contributed by atoms with Crippen LogP contribution in [0.2, 0.25) is 0 Å². The van der Waals surface area contributed by atoms with Crippen LogP contribution in [0.1, 0.15) is 37.7 Å². The molecule has 1 heterocycles. The summed E-state index contributed by atoms with van der Waals surface area (Å²) in [4.78, 5) is 14.5. The summed E-state index contributed by atoms with van der Waals surface area (Å²) in [6.07, 6.45) is 5.66. The number of carbonyl (C=O) groups excluding carboxylic acids is 1. The number of carbonyl (C=O) groups is 1. The minimum atomic E-state index is 0.108. The molecule has 1 saturated heterocycles. The Labute approximate surface area is 126 Å². The number of anilines is 1. The molecule has 0 bridgehead atoms. The van der Waals surface area contributed by atoms with Crippen LogP contribution >= 0.6 is 0 Å². The minimum Gasteiger partial charge on any atom is -0.326 e. The van der Waals surface area contributed by atoms with Crippen molar-refractivity contribution in [1.82, 2.24) is 10.2 Å². The Hall–Kier alpha value is -1.39. The predicted octanol–water partition coefficient (Wildman–Crippen LogP) is 2.36. The van der Waals surface area contributed by atoms with E-state index in [0.29, 0.717) is 12.5 Å². The molecule has 0 unspecified atom stereocenters. The van der Waals surface area contributed by atoms with Crippen molar-refractivity contribution in [2.45, 2.75) is 44.7 Å². The summed E-state index contributed by atoms with van der Waals surface area (Å²) in [7, 11) is 0. The number of hydrogen-bond donors (Lipinski definition) is 2. The van der Waals surface area contributed by atoms with E-state index in [4.69, 9.17) is 0 Å². The third-order valence-corrected chi connectivity index (χ3v) is 4.25. The van der Waals surface area contributed by atoms with Crippen molar-refractivity contribution < 1.29 is 4.79 Å². The lowest BCUT2D eigenvalue weighted by Crippen LogP contribution is -2.24. The molecule has 1 aromatic rings. The third-order valence-electron chi connectivity index (χ3n) is 4.25. The van der Waals surface area contributed by atoms with E-state index in [-0.39, 0.29) is 5.91 Å². The largest absolute Gasteiger partial charge is 0.326 e. The van der Waals surface area contributed by atoms with Crippen LogP contribution in [-0.4, -0.2) is 36.5 Å². The monoisotopic (exact) mass is 287 g/mol. The van der Waals surface area contributed by atoms with E-state index in [1.165, 1.54) is 44.3 Å². The number of amides is 1. The van der Waals surface area contributed by atoms with Crippen molar-refractivity contribution in [3.8, 4) is 0 Å². The molecule has 21 heavy (non-hydrogen) atoms. The number of hydrogen-bond acceptors (Lipinski definition) is 3. The van der Waals surface area contributed by atoms with Crippen LogP contribution in [0.5, 0.6) is 0 Å². The molecular formula is C17H25N3O. The summed E-state index contributed by atoms with van der Waals surface area (Å²) >= 11 is 0. The Balaban J connectivity index is 1.51. The highest BCUT2D eigenvalue weighted by Gasteiger charge is 2.20. The van der Waals surface area contributed by atoms with E-state index in [1.54, 1.807) is 0 Å². The van der Waals surface area contributed by atoms with Crippen LogP contribution in [0.15, 0.2) is 24.3 Å². The van der Waals surface area contributed by atoms with Crippen LogP contribution in [-0.2, 0) is 11.3 Å². The van der Waals surface area contributed by atoms with Crippen molar-refractivity contribution in [1.29, 1.82) is 0 Å². The Kier molecular flexibility index (Phi) is 4.88. The van der Waals surface area contributed by atoms with Crippen molar-refractivity contribution in [2.75, 3.05) is 25.0 Å². The quantitative estimate of drug-likeness (QED) is 0.809. The van der Waals surface area contributed by atoms with Crippen molar-refractivity contribution in [3.05, 3.63) is 29.8 Å². The fourth-order valence-corrected chi connectivity index (χ4v) is 2.85.